The molecular formula is C14H22ClNOS. The summed E-state index contributed by atoms with van der Waals surface area (Å²) >= 11 is 6.05. The summed E-state index contributed by atoms with van der Waals surface area (Å²) in [7, 11) is 1.17. The summed E-state index contributed by atoms with van der Waals surface area (Å²) in [5, 5.41) is 3.92. The third kappa shape index (κ3) is 5.98. The van der Waals surface area contributed by atoms with Crippen molar-refractivity contribution in [2.45, 2.75) is 38.0 Å². The maximum Gasteiger partial charge on any atom is 0.0500 e. The lowest BCUT2D eigenvalue weighted by Crippen LogP contribution is -2.20. The minimum Gasteiger partial charge on any atom is -0.317 e. The zero-order chi connectivity index (χ0) is 13.4. The van der Waals surface area contributed by atoms with Crippen molar-refractivity contribution < 1.29 is 4.21 Å². The van der Waals surface area contributed by atoms with Crippen molar-refractivity contribution in [2.75, 3.05) is 12.8 Å². The van der Waals surface area contributed by atoms with E-state index in [2.05, 4.69) is 12.2 Å². The van der Waals surface area contributed by atoms with E-state index in [0.717, 1.165) is 35.6 Å². The zero-order valence-corrected chi connectivity index (χ0v) is 12.7. The molecule has 2 nitrogen and oxygen atoms in total. The smallest absolute Gasteiger partial charge is 0.0500 e. The van der Waals surface area contributed by atoms with Crippen LogP contribution in [0.4, 0.5) is 0 Å². The van der Waals surface area contributed by atoms with Gasteiger partial charge in [-0.2, -0.15) is 0 Å². The molecule has 0 aliphatic heterocycles. The van der Waals surface area contributed by atoms with E-state index >= 15 is 0 Å². The Morgan fingerprint density at radius 3 is 2.72 bits per heavy atom. The van der Waals surface area contributed by atoms with Crippen LogP contribution in [-0.2, 0) is 16.6 Å². The highest BCUT2D eigenvalue weighted by Crippen LogP contribution is 2.17. The molecule has 18 heavy (non-hydrogen) atoms. The van der Waals surface area contributed by atoms with Gasteiger partial charge in [0.25, 0.3) is 0 Å². The van der Waals surface area contributed by atoms with Gasteiger partial charge in [-0.3, -0.25) is 4.21 Å². The third-order valence-corrected chi connectivity index (χ3v) is 4.77. The van der Waals surface area contributed by atoms with Gasteiger partial charge in [0.05, 0.1) is 0 Å². The Balaban J connectivity index is 2.24. The SMILES string of the molecule is CNC(C)CCCCS(=O)Cc1ccccc1Cl. The molecule has 0 bridgehead atoms. The minimum absolute atomic E-state index is 0.544. The van der Waals surface area contributed by atoms with Crippen LogP contribution >= 0.6 is 11.6 Å². The van der Waals surface area contributed by atoms with Crippen molar-refractivity contribution in [3.63, 3.8) is 0 Å². The number of halogens is 1. The van der Waals surface area contributed by atoms with E-state index in [1.165, 1.54) is 0 Å². The number of nitrogens with one attached hydrogen (secondary N) is 1. The van der Waals surface area contributed by atoms with Crippen LogP contribution in [0, 0.1) is 0 Å². The fraction of sp³-hybridized carbons (Fsp3) is 0.571. The van der Waals surface area contributed by atoms with Crippen LogP contribution in [0.2, 0.25) is 5.02 Å². The first-order valence-electron chi connectivity index (χ1n) is 6.39. The second kappa shape index (κ2) is 8.68. The third-order valence-electron chi connectivity index (χ3n) is 3.03. The second-order valence-corrected chi connectivity index (χ2v) is 6.55. The Morgan fingerprint density at radius 1 is 1.33 bits per heavy atom. The molecule has 0 amide bonds. The van der Waals surface area contributed by atoms with Crippen molar-refractivity contribution in [3.8, 4) is 0 Å². The number of benzene rings is 1. The molecule has 2 unspecified atom stereocenters. The number of hydrogen-bond donors (Lipinski definition) is 1. The van der Waals surface area contributed by atoms with Gasteiger partial charge in [-0.1, -0.05) is 36.2 Å². The highest BCUT2D eigenvalue weighted by molar-refractivity contribution is 7.84. The summed E-state index contributed by atoms with van der Waals surface area (Å²) < 4.78 is 11.9. The molecule has 0 aromatic heterocycles. The van der Waals surface area contributed by atoms with Gasteiger partial charge < -0.3 is 5.32 Å². The molecule has 0 saturated heterocycles. The molecule has 0 spiro atoms. The summed E-state index contributed by atoms with van der Waals surface area (Å²) in [4.78, 5) is 0. The highest BCUT2D eigenvalue weighted by atomic mass is 35.5. The zero-order valence-electron chi connectivity index (χ0n) is 11.1. The van der Waals surface area contributed by atoms with Crippen molar-refractivity contribution in [2.24, 2.45) is 0 Å². The van der Waals surface area contributed by atoms with Crippen LogP contribution in [-0.4, -0.2) is 23.1 Å². The van der Waals surface area contributed by atoms with Crippen LogP contribution in [0.3, 0.4) is 0 Å². The molecule has 1 aromatic carbocycles. The molecule has 0 fully saturated rings. The van der Waals surface area contributed by atoms with Crippen LogP contribution in [0.15, 0.2) is 24.3 Å². The van der Waals surface area contributed by atoms with Gasteiger partial charge in [-0.15, -0.1) is 0 Å². The summed E-state index contributed by atoms with van der Waals surface area (Å²) in [6, 6.07) is 8.18. The number of unbranched alkanes of at least 4 members (excludes halogenated alkanes) is 1. The van der Waals surface area contributed by atoms with Gasteiger partial charge in [0.15, 0.2) is 0 Å². The quantitative estimate of drug-likeness (QED) is 0.743. The molecule has 0 aliphatic carbocycles. The molecular weight excluding hydrogens is 266 g/mol. The molecule has 1 N–H and O–H groups in total. The molecule has 102 valence electrons. The monoisotopic (exact) mass is 287 g/mol. The predicted octanol–water partition coefficient (Wildman–Crippen LogP) is 3.37. The second-order valence-electron chi connectivity index (χ2n) is 4.57. The minimum atomic E-state index is -0.803. The van der Waals surface area contributed by atoms with Crippen LogP contribution in [0.1, 0.15) is 31.7 Å². The fourth-order valence-corrected chi connectivity index (χ4v) is 3.27. The van der Waals surface area contributed by atoms with Crippen LogP contribution in [0.5, 0.6) is 0 Å². The number of hydrogen-bond acceptors (Lipinski definition) is 2. The summed E-state index contributed by atoms with van der Waals surface area (Å²) in [5.74, 6) is 1.34. The number of rotatable bonds is 8. The van der Waals surface area contributed by atoms with E-state index in [0.29, 0.717) is 11.8 Å². The largest absolute Gasteiger partial charge is 0.317 e. The van der Waals surface area contributed by atoms with Crippen molar-refractivity contribution >= 4 is 22.4 Å². The highest BCUT2D eigenvalue weighted by Gasteiger charge is 2.05. The molecule has 0 heterocycles. The lowest BCUT2D eigenvalue weighted by Gasteiger charge is -2.09. The van der Waals surface area contributed by atoms with Crippen molar-refractivity contribution in [1.29, 1.82) is 0 Å². The summed E-state index contributed by atoms with van der Waals surface area (Å²) in [6.07, 6.45) is 3.28. The molecule has 2 atom stereocenters. The first-order valence-corrected chi connectivity index (χ1v) is 8.25. The Hall–Kier alpha value is -0.380. The van der Waals surface area contributed by atoms with E-state index < -0.39 is 10.8 Å². The fourth-order valence-electron chi connectivity index (χ4n) is 1.72. The van der Waals surface area contributed by atoms with E-state index in [1.54, 1.807) is 0 Å². The van der Waals surface area contributed by atoms with E-state index in [-0.39, 0.29) is 0 Å². The summed E-state index contributed by atoms with van der Waals surface area (Å²) in [6.45, 7) is 2.17. The van der Waals surface area contributed by atoms with Gasteiger partial charge in [0.1, 0.15) is 0 Å². The Labute approximate surface area is 118 Å². The van der Waals surface area contributed by atoms with Gasteiger partial charge in [-0.05, 0) is 38.4 Å². The Morgan fingerprint density at radius 2 is 2.06 bits per heavy atom. The van der Waals surface area contributed by atoms with Crippen molar-refractivity contribution in [1.82, 2.24) is 5.32 Å². The van der Waals surface area contributed by atoms with Gasteiger partial charge >= 0.3 is 0 Å². The van der Waals surface area contributed by atoms with Gasteiger partial charge in [-0.25, -0.2) is 0 Å². The first kappa shape index (κ1) is 15.7. The Kier molecular flexibility index (Phi) is 7.56. The Bertz CT molecular complexity index is 384. The van der Waals surface area contributed by atoms with Crippen LogP contribution < -0.4 is 5.32 Å². The average Bonchev–Trinajstić information content (AvgIpc) is 2.37. The summed E-state index contributed by atoms with van der Waals surface area (Å²) in [5.41, 5.74) is 0.987. The van der Waals surface area contributed by atoms with Crippen molar-refractivity contribution in [3.05, 3.63) is 34.9 Å². The molecule has 4 heteroatoms. The molecule has 1 aromatic rings. The molecule has 0 radical (unpaired) electrons. The first-order chi connectivity index (χ1) is 8.63. The molecule has 0 saturated carbocycles. The topological polar surface area (TPSA) is 29.1 Å². The lowest BCUT2D eigenvalue weighted by atomic mass is 10.1. The maximum atomic E-state index is 11.9. The lowest BCUT2D eigenvalue weighted by molar-refractivity contribution is 0.537. The average molecular weight is 288 g/mol. The predicted molar refractivity (Wildman–Crippen MR) is 80.5 cm³/mol. The standard InChI is InChI=1S/C14H22ClNOS/c1-12(16-2)7-5-6-10-18(17)11-13-8-3-4-9-14(13)15/h3-4,8-9,12,16H,5-7,10-11H2,1-2H3. The maximum absolute atomic E-state index is 11.9. The van der Waals surface area contributed by atoms with Gasteiger partial charge in [0.2, 0.25) is 0 Å². The van der Waals surface area contributed by atoms with E-state index in [1.807, 2.05) is 31.3 Å². The normalized spacial score (nSPS) is 14.4. The van der Waals surface area contributed by atoms with Crippen LogP contribution in [0.25, 0.3) is 0 Å². The van der Waals surface area contributed by atoms with Gasteiger partial charge in [0, 0.05) is 33.4 Å². The molecule has 0 aliphatic rings. The van der Waals surface area contributed by atoms with E-state index in [9.17, 15) is 4.21 Å². The van der Waals surface area contributed by atoms with E-state index in [4.69, 9.17) is 11.6 Å². The molecule has 1 rings (SSSR count).